The van der Waals surface area contributed by atoms with E-state index in [1.165, 1.54) is 37.7 Å². The van der Waals surface area contributed by atoms with Crippen molar-refractivity contribution in [1.29, 1.82) is 0 Å². The lowest BCUT2D eigenvalue weighted by Crippen LogP contribution is -2.31. The van der Waals surface area contributed by atoms with Crippen LogP contribution < -0.4 is 0 Å². The second kappa shape index (κ2) is 4.39. The van der Waals surface area contributed by atoms with Gasteiger partial charge in [-0.15, -0.1) is 0 Å². The van der Waals surface area contributed by atoms with E-state index in [0.29, 0.717) is 5.41 Å². The number of hydrogen-bond donors (Lipinski definition) is 0. The second-order valence-corrected chi connectivity index (χ2v) is 6.47. The molecule has 2 aliphatic carbocycles. The van der Waals surface area contributed by atoms with Crippen molar-refractivity contribution in [2.45, 2.75) is 59.8 Å². The molecule has 2 rings (SSSR count). The third-order valence-corrected chi connectivity index (χ3v) is 5.09. The highest BCUT2D eigenvalue weighted by molar-refractivity contribution is 5.28. The first-order chi connectivity index (χ1) is 7.51. The summed E-state index contributed by atoms with van der Waals surface area (Å²) in [5.41, 5.74) is 3.67. The fourth-order valence-corrected chi connectivity index (χ4v) is 3.23. The third-order valence-electron chi connectivity index (χ3n) is 5.09. The maximum absolute atomic E-state index is 2.52. The molecule has 2 aliphatic rings. The Morgan fingerprint density at radius 3 is 2.38 bits per heavy atom. The summed E-state index contributed by atoms with van der Waals surface area (Å²) in [6.45, 7) is 9.47. The Labute approximate surface area is 101 Å². The van der Waals surface area contributed by atoms with Gasteiger partial charge in [0.25, 0.3) is 0 Å². The predicted molar refractivity (Wildman–Crippen MR) is 71.4 cm³/mol. The van der Waals surface area contributed by atoms with Crippen molar-refractivity contribution in [3.05, 3.63) is 23.3 Å². The van der Waals surface area contributed by atoms with Crippen LogP contribution in [0.4, 0.5) is 0 Å². The van der Waals surface area contributed by atoms with Crippen LogP contribution in [-0.2, 0) is 0 Å². The molecule has 1 fully saturated rings. The summed E-state index contributed by atoms with van der Waals surface area (Å²) in [6.07, 6.45) is 11.9. The minimum atomic E-state index is 0.574. The molecule has 1 atom stereocenters. The molecule has 0 nitrogen and oxygen atoms in total. The maximum atomic E-state index is 2.52. The zero-order chi connectivity index (χ0) is 11.8. The van der Waals surface area contributed by atoms with Crippen LogP contribution in [-0.4, -0.2) is 0 Å². The van der Waals surface area contributed by atoms with Gasteiger partial charge < -0.3 is 0 Å². The van der Waals surface area contributed by atoms with Crippen molar-refractivity contribution < 1.29 is 0 Å². The molecule has 0 bridgehead atoms. The van der Waals surface area contributed by atoms with Crippen molar-refractivity contribution in [2.24, 2.45) is 17.3 Å². The summed E-state index contributed by atoms with van der Waals surface area (Å²) >= 11 is 0. The second-order valence-electron chi connectivity index (χ2n) is 6.47. The molecule has 0 N–H and O–H groups in total. The zero-order valence-electron chi connectivity index (χ0n) is 11.3. The monoisotopic (exact) mass is 218 g/mol. The summed E-state index contributed by atoms with van der Waals surface area (Å²) < 4.78 is 0. The van der Waals surface area contributed by atoms with E-state index >= 15 is 0 Å². The first-order valence-electron chi connectivity index (χ1n) is 6.86. The molecule has 0 spiro atoms. The quantitative estimate of drug-likeness (QED) is 0.573. The van der Waals surface area contributed by atoms with Gasteiger partial charge in [-0.2, -0.15) is 0 Å². The molecule has 0 radical (unpaired) electrons. The largest absolute Gasteiger partial charge is 0.0803 e. The van der Waals surface area contributed by atoms with Gasteiger partial charge in [-0.3, -0.25) is 0 Å². The van der Waals surface area contributed by atoms with Gasteiger partial charge in [0.15, 0.2) is 0 Å². The molecule has 0 aromatic rings. The lowest BCUT2D eigenvalue weighted by atomic mass is 9.62. The summed E-state index contributed by atoms with van der Waals surface area (Å²) in [5, 5.41) is 0. The van der Waals surface area contributed by atoms with Gasteiger partial charge in [0.1, 0.15) is 0 Å². The Bertz CT molecular complexity index is 311. The molecule has 1 saturated carbocycles. The Hall–Kier alpha value is -0.520. The van der Waals surface area contributed by atoms with E-state index in [1.807, 2.05) is 0 Å². The molecule has 0 aromatic carbocycles. The van der Waals surface area contributed by atoms with Crippen molar-refractivity contribution >= 4 is 0 Å². The van der Waals surface area contributed by atoms with E-state index in [0.717, 1.165) is 11.8 Å². The van der Waals surface area contributed by atoms with E-state index < -0.39 is 0 Å². The van der Waals surface area contributed by atoms with Gasteiger partial charge in [-0.25, -0.2) is 0 Å². The Balaban J connectivity index is 2.07. The molecular formula is C16H26. The normalized spacial score (nSPS) is 40.2. The summed E-state index contributed by atoms with van der Waals surface area (Å²) in [7, 11) is 0. The topological polar surface area (TPSA) is 0 Å². The molecule has 0 saturated heterocycles. The highest BCUT2D eigenvalue weighted by Crippen LogP contribution is 2.47. The van der Waals surface area contributed by atoms with Crippen molar-refractivity contribution in [2.75, 3.05) is 0 Å². The van der Waals surface area contributed by atoms with Gasteiger partial charge >= 0.3 is 0 Å². The molecule has 16 heavy (non-hydrogen) atoms. The van der Waals surface area contributed by atoms with E-state index in [9.17, 15) is 0 Å². The smallest absolute Gasteiger partial charge is 0.0139 e. The molecule has 90 valence electrons. The number of allylic oxidation sites excluding steroid dienone is 4. The van der Waals surface area contributed by atoms with Crippen LogP contribution in [0.5, 0.6) is 0 Å². The average Bonchev–Trinajstić information content (AvgIpc) is 2.26. The Morgan fingerprint density at radius 1 is 1.19 bits per heavy atom. The lowest BCUT2D eigenvalue weighted by Gasteiger charge is -2.42. The van der Waals surface area contributed by atoms with E-state index in [2.05, 4.69) is 39.8 Å². The van der Waals surface area contributed by atoms with Gasteiger partial charge in [0.05, 0.1) is 0 Å². The molecular weight excluding hydrogens is 192 g/mol. The van der Waals surface area contributed by atoms with Crippen molar-refractivity contribution in [1.82, 2.24) is 0 Å². The average molecular weight is 218 g/mol. The molecule has 0 aromatic heterocycles. The van der Waals surface area contributed by atoms with Crippen LogP contribution in [0.25, 0.3) is 0 Å². The van der Waals surface area contributed by atoms with Crippen LogP contribution in [0, 0.1) is 17.3 Å². The first kappa shape index (κ1) is 12.0. The Kier molecular flexibility index (Phi) is 3.28. The molecule has 0 aliphatic heterocycles. The van der Waals surface area contributed by atoms with E-state index in [4.69, 9.17) is 0 Å². The van der Waals surface area contributed by atoms with Crippen LogP contribution in [0.2, 0.25) is 0 Å². The van der Waals surface area contributed by atoms with Gasteiger partial charge in [0, 0.05) is 0 Å². The predicted octanol–water partition coefficient (Wildman–Crippen LogP) is 5.12. The first-order valence-corrected chi connectivity index (χ1v) is 6.86. The summed E-state index contributed by atoms with van der Waals surface area (Å²) in [6, 6.07) is 0. The number of hydrogen-bond acceptors (Lipinski definition) is 0. The fourth-order valence-electron chi connectivity index (χ4n) is 3.23. The van der Waals surface area contributed by atoms with E-state index in [1.54, 1.807) is 5.57 Å². The van der Waals surface area contributed by atoms with Crippen LogP contribution in [0.3, 0.4) is 0 Å². The van der Waals surface area contributed by atoms with Gasteiger partial charge in [-0.1, -0.05) is 50.0 Å². The zero-order valence-corrected chi connectivity index (χ0v) is 11.3. The molecule has 0 amide bonds. The highest BCUT2D eigenvalue weighted by atomic mass is 14.4. The standard InChI is InChI=1S/C16H26/c1-12-7-9-16(4,10-8-12)15-6-5-13(2)14(3)11-15/h5-6,12,15H,7-11H2,1-4H3. The van der Waals surface area contributed by atoms with Crippen molar-refractivity contribution in [3.8, 4) is 0 Å². The number of rotatable bonds is 1. The van der Waals surface area contributed by atoms with Crippen LogP contribution >= 0.6 is 0 Å². The summed E-state index contributed by atoms with van der Waals surface area (Å²) in [4.78, 5) is 0. The van der Waals surface area contributed by atoms with Gasteiger partial charge in [-0.05, 0) is 50.4 Å². The summed E-state index contributed by atoms with van der Waals surface area (Å²) in [5.74, 6) is 1.75. The minimum absolute atomic E-state index is 0.574. The minimum Gasteiger partial charge on any atom is -0.0803 e. The SMILES string of the molecule is CC1=C(C)CC(C2(C)CCC(C)CC2)C=C1. The third kappa shape index (κ3) is 2.26. The fraction of sp³-hybridized carbons (Fsp3) is 0.750. The highest BCUT2D eigenvalue weighted by Gasteiger charge is 2.36. The van der Waals surface area contributed by atoms with Crippen LogP contribution in [0.1, 0.15) is 59.8 Å². The molecule has 0 heterocycles. The molecule has 0 heteroatoms. The van der Waals surface area contributed by atoms with Crippen LogP contribution in [0.15, 0.2) is 23.3 Å². The van der Waals surface area contributed by atoms with Crippen molar-refractivity contribution in [3.63, 3.8) is 0 Å². The van der Waals surface area contributed by atoms with E-state index in [-0.39, 0.29) is 0 Å². The maximum Gasteiger partial charge on any atom is -0.0139 e. The van der Waals surface area contributed by atoms with Gasteiger partial charge in [0.2, 0.25) is 0 Å². The lowest BCUT2D eigenvalue weighted by molar-refractivity contribution is 0.122. The Morgan fingerprint density at radius 2 is 1.81 bits per heavy atom. The molecule has 1 unspecified atom stereocenters.